The summed E-state index contributed by atoms with van der Waals surface area (Å²) < 4.78 is 0. The van der Waals surface area contributed by atoms with Crippen molar-refractivity contribution in [1.29, 1.82) is 0 Å². The van der Waals surface area contributed by atoms with E-state index in [0.717, 1.165) is 23.7 Å². The molecule has 0 heteroatoms. The van der Waals surface area contributed by atoms with E-state index in [4.69, 9.17) is 0 Å². The minimum Gasteiger partial charge on any atom is -0.0883 e. The Balaban J connectivity index is 1.66. The monoisotopic (exact) mass is 302 g/mol. The fraction of sp³-hybridized carbons (Fsp3) is 0.818. The van der Waals surface area contributed by atoms with Crippen LogP contribution in [-0.4, -0.2) is 0 Å². The van der Waals surface area contributed by atoms with Gasteiger partial charge in [0.05, 0.1) is 0 Å². The second-order valence-electron chi connectivity index (χ2n) is 7.78. The van der Waals surface area contributed by atoms with E-state index in [9.17, 15) is 0 Å². The lowest BCUT2D eigenvalue weighted by atomic mass is 9.69. The molecular weight excluding hydrogens is 264 g/mol. The van der Waals surface area contributed by atoms with Crippen LogP contribution in [0.5, 0.6) is 0 Å². The lowest BCUT2D eigenvalue weighted by Crippen LogP contribution is -2.25. The van der Waals surface area contributed by atoms with E-state index in [1.165, 1.54) is 77.0 Å². The molecule has 0 bridgehead atoms. The quantitative estimate of drug-likeness (QED) is 0.432. The highest BCUT2D eigenvalue weighted by Gasteiger charge is 2.29. The lowest BCUT2D eigenvalue weighted by molar-refractivity contribution is 0.166. The van der Waals surface area contributed by atoms with Gasteiger partial charge in [-0.25, -0.2) is 0 Å². The maximum atomic E-state index is 2.52. The number of allylic oxidation sites excluding steroid dienone is 4. The molecular formula is C22H38. The average Bonchev–Trinajstić information content (AvgIpc) is 2.57. The molecule has 0 atom stereocenters. The standard InChI is InChI=1S/C22H38/c1-3-5-7-9-19-11-15-21(16-12-19)22-17-13-20(14-18-22)10-8-6-4-2/h7-10,19-22H,3-6,11-18H2,1-2H3. The number of hydrogen-bond donors (Lipinski definition) is 0. The van der Waals surface area contributed by atoms with Crippen LogP contribution in [0.2, 0.25) is 0 Å². The summed E-state index contributed by atoms with van der Waals surface area (Å²) in [5, 5.41) is 0. The van der Waals surface area contributed by atoms with Gasteiger partial charge in [-0.1, -0.05) is 51.0 Å². The number of rotatable bonds is 7. The third kappa shape index (κ3) is 5.94. The van der Waals surface area contributed by atoms with Crippen LogP contribution >= 0.6 is 0 Å². The van der Waals surface area contributed by atoms with Crippen LogP contribution in [0, 0.1) is 23.7 Å². The third-order valence-electron chi connectivity index (χ3n) is 6.03. The van der Waals surface area contributed by atoms with Gasteiger partial charge in [0, 0.05) is 0 Å². The average molecular weight is 303 g/mol. The SMILES string of the molecule is CCCC=CC1CCC(C2CCC(C=CCCC)CC2)CC1. The molecule has 0 unspecified atom stereocenters. The summed E-state index contributed by atoms with van der Waals surface area (Å²) in [6.45, 7) is 4.55. The molecule has 0 N–H and O–H groups in total. The van der Waals surface area contributed by atoms with Gasteiger partial charge in [-0.3, -0.25) is 0 Å². The predicted octanol–water partition coefficient (Wildman–Crippen LogP) is 7.31. The zero-order valence-electron chi connectivity index (χ0n) is 15.1. The van der Waals surface area contributed by atoms with Gasteiger partial charge >= 0.3 is 0 Å². The van der Waals surface area contributed by atoms with Crippen molar-refractivity contribution in [2.75, 3.05) is 0 Å². The molecule has 2 aliphatic carbocycles. The van der Waals surface area contributed by atoms with Crippen molar-refractivity contribution in [1.82, 2.24) is 0 Å². The molecule has 0 aromatic heterocycles. The minimum atomic E-state index is 0.899. The normalized spacial score (nSPS) is 33.7. The highest BCUT2D eigenvalue weighted by atomic mass is 14.3. The largest absolute Gasteiger partial charge is 0.0883 e. The molecule has 2 saturated carbocycles. The van der Waals surface area contributed by atoms with E-state index in [1.807, 2.05) is 0 Å². The second-order valence-corrected chi connectivity index (χ2v) is 7.78. The van der Waals surface area contributed by atoms with E-state index in [1.54, 1.807) is 0 Å². The van der Waals surface area contributed by atoms with E-state index in [2.05, 4.69) is 38.2 Å². The molecule has 126 valence electrons. The summed E-state index contributed by atoms with van der Waals surface area (Å²) >= 11 is 0. The summed E-state index contributed by atoms with van der Waals surface area (Å²) in [5.74, 6) is 3.90. The van der Waals surface area contributed by atoms with E-state index in [0.29, 0.717) is 0 Å². The molecule has 0 heterocycles. The first-order chi connectivity index (χ1) is 10.8. The van der Waals surface area contributed by atoms with E-state index >= 15 is 0 Å². The van der Waals surface area contributed by atoms with Crippen molar-refractivity contribution < 1.29 is 0 Å². The molecule has 2 rings (SSSR count). The van der Waals surface area contributed by atoms with Crippen molar-refractivity contribution >= 4 is 0 Å². The Labute approximate surface area is 139 Å². The Kier molecular flexibility index (Phi) is 8.34. The molecule has 2 aliphatic rings. The van der Waals surface area contributed by atoms with Crippen LogP contribution in [0.3, 0.4) is 0 Å². The molecule has 0 aromatic rings. The zero-order valence-corrected chi connectivity index (χ0v) is 15.1. The van der Waals surface area contributed by atoms with Crippen molar-refractivity contribution in [3.05, 3.63) is 24.3 Å². The summed E-state index contributed by atoms with van der Waals surface area (Å²) in [7, 11) is 0. The molecule has 0 radical (unpaired) electrons. The van der Waals surface area contributed by atoms with Crippen molar-refractivity contribution in [3.8, 4) is 0 Å². The molecule has 0 nitrogen and oxygen atoms in total. The predicted molar refractivity (Wildman–Crippen MR) is 99.0 cm³/mol. The van der Waals surface area contributed by atoms with Gasteiger partial charge in [-0.2, -0.15) is 0 Å². The van der Waals surface area contributed by atoms with Crippen LogP contribution < -0.4 is 0 Å². The second kappa shape index (κ2) is 10.3. The molecule has 0 aromatic carbocycles. The van der Waals surface area contributed by atoms with Gasteiger partial charge in [0.25, 0.3) is 0 Å². The maximum Gasteiger partial charge on any atom is -0.0233 e. The van der Waals surface area contributed by atoms with Crippen molar-refractivity contribution in [2.45, 2.75) is 90.9 Å². The third-order valence-corrected chi connectivity index (χ3v) is 6.03. The topological polar surface area (TPSA) is 0 Å². The van der Waals surface area contributed by atoms with Gasteiger partial charge in [0.15, 0.2) is 0 Å². The van der Waals surface area contributed by atoms with Crippen LogP contribution in [0.4, 0.5) is 0 Å². The Morgan fingerprint density at radius 1 is 0.591 bits per heavy atom. The number of unbranched alkanes of at least 4 members (excludes halogenated alkanes) is 2. The van der Waals surface area contributed by atoms with Gasteiger partial charge < -0.3 is 0 Å². The Morgan fingerprint density at radius 2 is 0.955 bits per heavy atom. The van der Waals surface area contributed by atoms with Crippen molar-refractivity contribution in [2.24, 2.45) is 23.7 Å². The summed E-state index contributed by atoms with van der Waals surface area (Å²) in [5.41, 5.74) is 0. The maximum absolute atomic E-state index is 2.52. The van der Waals surface area contributed by atoms with Crippen LogP contribution in [0.25, 0.3) is 0 Å². The molecule has 0 aliphatic heterocycles. The first-order valence-electron chi connectivity index (χ1n) is 10.2. The Hall–Kier alpha value is -0.520. The first kappa shape index (κ1) is 17.8. The van der Waals surface area contributed by atoms with Gasteiger partial charge in [-0.05, 0) is 87.9 Å². The van der Waals surface area contributed by atoms with Crippen molar-refractivity contribution in [3.63, 3.8) is 0 Å². The summed E-state index contributed by atoms with van der Waals surface area (Å²) in [4.78, 5) is 0. The number of hydrogen-bond acceptors (Lipinski definition) is 0. The fourth-order valence-electron chi connectivity index (χ4n) is 4.53. The molecule has 0 amide bonds. The van der Waals surface area contributed by atoms with Gasteiger partial charge in [0.2, 0.25) is 0 Å². The summed E-state index contributed by atoms with van der Waals surface area (Å²) in [6, 6.07) is 0. The lowest BCUT2D eigenvalue weighted by Gasteiger charge is -2.37. The molecule has 22 heavy (non-hydrogen) atoms. The molecule has 2 fully saturated rings. The summed E-state index contributed by atoms with van der Waals surface area (Å²) in [6.07, 6.45) is 26.9. The van der Waals surface area contributed by atoms with Crippen LogP contribution in [0.1, 0.15) is 90.9 Å². The molecule has 0 saturated heterocycles. The van der Waals surface area contributed by atoms with E-state index in [-0.39, 0.29) is 0 Å². The van der Waals surface area contributed by atoms with Crippen LogP contribution in [0.15, 0.2) is 24.3 Å². The van der Waals surface area contributed by atoms with Gasteiger partial charge in [0.1, 0.15) is 0 Å². The highest BCUT2D eigenvalue weighted by molar-refractivity contribution is 4.94. The zero-order chi connectivity index (χ0) is 15.6. The van der Waals surface area contributed by atoms with Gasteiger partial charge in [-0.15, -0.1) is 0 Å². The Morgan fingerprint density at radius 3 is 1.27 bits per heavy atom. The Bertz CT molecular complexity index is 288. The smallest absolute Gasteiger partial charge is 0.0233 e. The van der Waals surface area contributed by atoms with Crippen LogP contribution in [-0.2, 0) is 0 Å². The highest BCUT2D eigenvalue weighted by Crippen LogP contribution is 2.41. The molecule has 0 spiro atoms. The fourth-order valence-corrected chi connectivity index (χ4v) is 4.53. The minimum absolute atomic E-state index is 0.899. The first-order valence-corrected chi connectivity index (χ1v) is 10.2. The van der Waals surface area contributed by atoms with E-state index < -0.39 is 0 Å².